The summed E-state index contributed by atoms with van der Waals surface area (Å²) in [5.41, 5.74) is 1.43. The summed E-state index contributed by atoms with van der Waals surface area (Å²) in [4.78, 5) is 0. The van der Waals surface area contributed by atoms with E-state index in [9.17, 15) is 0 Å². The summed E-state index contributed by atoms with van der Waals surface area (Å²) < 4.78 is 5.36. The van der Waals surface area contributed by atoms with Crippen molar-refractivity contribution < 1.29 is 4.74 Å². The van der Waals surface area contributed by atoms with E-state index in [0.717, 1.165) is 39.1 Å². The van der Waals surface area contributed by atoms with Gasteiger partial charge in [0, 0.05) is 13.2 Å². The molecule has 0 fully saturated rings. The molecule has 0 saturated heterocycles. The highest BCUT2D eigenvalue weighted by Crippen LogP contribution is 2.05. The fourth-order valence-corrected chi connectivity index (χ4v) is 1.89. The Labute approximate surface area is 90.3 Å². The summed E-state index contributed by atoms with van der Waals surface area (Å²) in [5, 5.41) is 7.69. The third-order valence-electron chi connectivity index (χ3n) is 1.94. The molecule has 1 heterocycles. The molecule has 1 rings (SSSR count). The average molecular weight is 213 g/mol. The molecule has 0 radical (unpaired) electrons. The minimum absolute atomic E-state index is 0.831. The van der Waals surface area contributed by atoms with Crippen LogP contribution in [0.4, 0.5) is 0 Å². The molecule has 0 aliphatic heterocycles. The molecule has 0 aromatic carbocycles. The minimum atomic E-state index is 0.831. The van der Waals surface area contributed by atoms with Crippen molar-refractivity contribution in [3.63, 3.8) is 0 Å². The lowest BCUT2D eigenvalue weighted by molar-refractivity contribution is 0.137. The van der Waals surface area contributed by atoms with Crippen molar-refractivity contribution in [1.82, 2.24) is 5.32 Å². The maximum atomic E-state index is 5.36. The van der Waals surface area contributed by atoms with E-state index in [1.807, 2.05) is 0 Å². The molecule has 0 amide bonds. The lowest BCUT2D eigenvalue weighted by atomic mass is 10.2. The first-order valence-corrected chi connectivity index (χ1v) is 6.17. The molecule has 14 heavy (non-hydrogen) atoms. The van der Waals surface area contributed by atoms with Gasteiger partial charge in [-0.25, -0.2) is 0 Å². The molecule has 0 bridgehead atoms. The molecule has 0 unspecified atom stereocenters. The van der Waals surface area contributed by atoms with Crippen LogP contribution in [-0.4, -0.2) is 26.3 Å². The molecule has 3 heteroatoms. The zero-order chi connectivity index (χ0) is 10.1. The maximum Gasteiger partial charge on any atom is 0.0590 e. The first-order valence-electron chi connectivity index (χ1n) is 5.23. The van der Waals surface area contributed by atoms with Crippen LogP contribution in [0.1, 0.15) is 18.9 Å². The van der Waals surface area contributed by atoms with Gasteiger partial charge >= 0.3 is 0 Å². The standard InChI is InChI=1S/C11H19NOS/c1-2-7-13-8-6-12-5-3-11-4-9-14-10-11/h4,9-10,12H,2-3,5-8H2,1H3. The van der Waals surface area contributed by atoms with Crippen LogP contribution in [0.2, 0.25) is 0 Å². The Balaban J connectivity index is 1.85. The van der Waals surface area contributed by atoms with Crippen LogP contribution in [0.5, 0.6) is 0 Å². The molecule has 2 nitrogen and oxygen atoms in total. The first-order chi connectivity index (χ1) is 6.93. The van der Waals surface area contributed by atoms with Crippen LogP contribution < -0.4 is 5.32 Å². The predicted octanol–water partition coefficient (Wildman–Crippen LogP) is 2.31. The Morgan fingerprint density at radius 2 is 2.29 bits per heavy atom. The highest BCUT2D eigenvalue weighted by molar-refractivity contribution is 7.07. The SMILES string of the molecule is CCCOCCNCCc1ccsc1. The van der Waals surface area contributed by atoms with E-state index in [1.54, 1.807) is 11.3 Å². The van der Waals surface area contributed by atoms with Crippen LogP contribution in [0, 0.1) is 0 Å². The van der Waals surface area contributed by atoms with Gasteiger partial charge in [-0.15, -0.1) is 0 Å². The fourth-order valence-electron chi connectivity index (χ4n) is 1.18. The van der Waals surface area contributed by atoms with Gasteiger partial charge in [0.25, 0.3) is 0 Å². The Morgan fingerprint density at radius 3 is 3.00 bits per heavy atom. The molecule has 0 atom stereocenters. The Kier molecular flexibility index (Phi) is 6.66. The Bertz CT molecular complexity index is 211. The molecule has 0 aliphatic carbocycles. The molecule has 1 N–H and O–H groups in total. The summed E-state index contributed by atoms with van der Waals surface area (Å²) >= 11 is 1.76. The Morgan fingerprint density at radius 1 is 1.36 bits per heavy atom. The zero-order valence-corrected chi connectivity index (χ0v) is 9.61. The summed E-state index contributed by atoms with van der Waals surface area (Å²) in [6, 6.07) is 2.18. The molecule has 1 aromatic heterocycles. The fraction of sp³-hybridized carbons (Fsp3) is 0.636. The average Bonchev–Trinajstić information content (AvgIpc) is 2.69. The summed E-state index contributed by atoms with van der Waals surface area (Å²) in [6.45, 7) is 5.85. The number of nitrogens with one attached hydrogen (secondary N) is 1. The van der Waals surface area contributed by atoms with Gasteiger partial charge in [-0.1, -0.05) is 6.92 Å². The molecule has 0 saturated carbocycles. The second-order valence-electron chi connectivity index (χ2n) is 3.24. The van der Waals surface area contributed by atoms with Crippen molar-refractivity contribution in [3.8, 4) is 0 Å². The van der Waals surface area contributed by atoms with Crippen LogP contribution in [-0.2, 0) is 11.2 Å². The molecular weight excluding hydrogens is 194 g/mol. The second-order valence-corrected chi connectivity index (χ2v) is 4.02. The van der Waals surface area contributed by atoms with Gasteiger partial charge in [-0.05, 0) is 41.8 Å². The van der Waals surface area contributed by atoms with E-state index in [0.29, 0.717) is 0 Å². The maximum absolute atomic E-state index is 5.36. The van der Waals surface area contributed by atoms with Crippen LogP contribution in [0.3, 0.4) is 0 Å². The van der Waals surface area contributed by atoms with Gasteiger partial charge in [-0.3, -0.25) is 0 Å². The largest absolute Gasteiger partial charge is 0.380 e. The van der Waals surface area contributed by atoms with Gasteiger partial charge in [-0.2, -0.15) is 11.3 Å². The van der Waals surface area contributed by atoms with Gasteiger partial charge < -0.3 is 10.1 Å². The third kappa shape index (κ3) is 5.37. The van der Waals surface area contributed by atoms with Crippen molar-refractivity contribution in [2.75, 3.05) is 26.3 Å². The first kappa shape index (κ1) is 11.7. The topological polar surface area (TPSA) is 21.3 Å². The number of ether oxygens (including phenoxy) is 1. The highest BCUT2D eigenvalue weighted by Gasteiger charge is 1.92. The van der Waals surface area contributed by atoms with Gasteiger partial charge in [0.05, 0.1) is 6.61 Å². The smallest absolute Gasteiger partial charge is 0.0590 e. The predicted molar refractivity (Wildman–Crippen MR) is 62.0 cm³/mol. The van der Waals surface area contributed by atoms with Crippen molar-refractivity contribution in [2.45, 2.75) is 19.8 Å². The summed E-state index contributed by atoms with van der Waals surface area (Å²) in [6.07, 6.45) is 2.23. The minimum Gasteiger partial charge on any atom is -0.380 e. The number of thiophene rings is 1. The third-order valence-corrected chi connectivity index (χ3v) is 2.67. The molecule has 0 spiro atoms. The van der Waals surface area contributed by atoms with E-state index in [2.05, 4.69) is 29.1 Å². The number of hydrogen-bond acceptors (Lipinski definition) is 3. The molecule has 80 valence electrons. The van der Waals surface area contributed by atoms with Crippen molar-refractivity contribution in [3.05, 3.63) is 22.4 Å². The second kappa shape index (κ2) is 7.97. The van der Waals surface area contributed by atoms with Crippen LogP contribution in [0.25, 0.3) is 0 Å². The Hall–Kier alpha value is -0.380. The summed E-state index contributed by atoms with van der Waals surface area (Å²) in [7, 11) is 0. The lowest BCUT2D eigenvalue weighted by Gasteiger charge is -2.04. The van der Waals surface area contributed by atoms with Gasteiger partial charge in [0.1, 0.15) is 0 Å². The van der Waals surface area contributed by atoms with Gasteiger partial charge in [0.2, 0.25) is 0 Å². The zero-order valence-electron chi connectivity index (χ0n) is 8.79. The van der Waals surface area contributed by atoms with Crippen molar-refractivity contribution in [2.24, 2.45) is 0 Å². The molecule has 1 aromatic rings. The van der Waals surface area contributed by atoms with Crippen LogP contribution in [0.15, 0.2) is 16.8 Å². The quantitative estimate of drug-likeness (QED) is 0.669. The van der Waals surface area contributed by atoms with Crippen molar-refractivity contribution in [1.29, 1.82) is 0 Å². The number of hydrogen-bond donors (Lipinski definition) is 1. The summed E-state index contributed by atoms with van der Waals surface area (Å²) in [5.74, 6) is 0. The number of rotatable bonds is 8. The van der Waals surface area contributed by atoms with E-state index in [4.69, 9.17) is 4.74 Å². The van der Waals surface area contributed by atoms with Crippen LogP contribution >= 0.6 is 11.3 Å². The normalized spacial score (nSPS) is 10.6. The van der Waals surface area contributed by atoms with E-state index in [-0.39, 0.29) is 0 Å². The molecular formula is C11H19NOS. The lowest BCUT2D eigenvalue weighted by Crippen LogP contribution is -2.22. The van der Waals surface area contributed by atoms with E-state index >= 15 is 0 Å². The van der Waals surface area contributed by atoms with Gasteiger partial charge in [0.15, 0.2) is 0 Å². The van der Waals surface area contributed by atoms with Crippen molar-refractivity contribution >= 4 is 11.3 Å². The van der Waals surface area contributed by atoms with E-state index < -0.39 is 0 Å². The molecule has 0 aliphatic rings. The monoisotopic (exact) mass is 213 g/mol. The highest BCUT2D eigenvalue weighted by atomic mass is 32.1. The van der Waals surface area contributed by atoms with E-state index in [1.165, 1.54) is 5.56 Å².